The number of aromatic nitrogens is 1. The number of aliphatic hydroxyl groups excluding tert-OH is 1. The molecule has 6 heteroatoms. The maximum absolute atomic E-state index is 9.84. The number of nitrogens with zero attached hydrogens (tertiary/aromatic N) is 1. The largest absolute Gasteiger partial charge is 0.504 e. The standard InChI is InChI=1S/C18H20N2O4/c1-23-17-7-6-12(9-15(17)22)8-13(11-21)10-19-18-20-14-4-2-3-5-16(14)24-18/h2-7,9,13,21-22H,8,10-11H2,1H3,(H,19,20)/t13-/m1/s1. The van der Waals surface area contributed by atoms with E-state index in [-0.39, 0.29) is 18.3 Å². The second-order valence-corrected chi connectivity index (χ2v) is 5.63. The Bertz CT molecular complexity index is 783. The molecule has 0 aliphatic rings. The van der Waals surface area contributed by atoms with Crippen molar-refractivity contribution in [3.05, 3.63) is 48.0 Å². The van der Waals surface area contributed by atoms with Gasteiger partial charge in [-0.1, -0.05) is 18.2 Å². The zero-order valence-corrected chi connectivity index (χ0v) is 13.4. The molecule has 0 amide bonds. The summed E-state index contributed by atoms with van der Waals surface area (Å²) in [6, 6.07) is 13.2. The molecule has 6 nitrogen and oxygen atoms in total. The summed E-state index contributed by atoms with van der Waals surface area (Å²) >= 11 is 0. The number of benzene rings is 2. The van der Waals surface area contributed by atoms with E-state index < -0.39 is 0 Å². The Morgan fingerprint density at radius 3 is 2.79 bits per heavy atom. The van der Waals surface area contributed by atoms with Gasteiger partial charge in [-0.25, -0.2) is 0 Å². The van der Waals surface area contributed by atoms with Gasteiger partial charge in [0.2, 0.25) is 0 Å². The molecular weight excluding hydrogens is 308 g/mol. The van der Waals surface area contributed by atoms with E-state index in [0.717, 1.165) is 16.7 Å². The molecule has 0 radical (unpaired) electrons. The predicted molar refractivity (Wildman–Crippen MR) is 91.4 cm³/mol. The summed E-state index contributed by atoms with van der Waals surface area (Å²) in [7, 11) is 1.51. The van der Waals surface area contributed by atoms with Crippen molar-refractivity contribution in [2.45, 2.75) is 6.42 Å². The van der Waals surface area contributed by atoms with Gasteiger partial charge in [0.05, 0.1) is 7.11 Å². The van der Waals surface area contributed by atoms with Crippen LogP contribution in [0.25, 0.3) is 11.1 Å². The number of rotatable bonds is 7. The maximum Gasteiger partial charge on any atom is 0.295 e. The molecule has 24 heavy (non-hydrogen) atoms. The second-order valence-electron chi connectivity index (χ2n) is 5.63. The van der Waals surface area contributed by atoms with Gasteiger partial charge < -0.3 is 24.7 Å². The Morgan fingerprint density at radius 1 is 1.25 bits per heavy atom. The van der Waals surface area contributed by atoms with Crippen molar-refractivity contribution in [1.82, 2.24) is 4.98 Å². The van der Waals surface area contributed by atoms with E-state index in [2.05, 4.69) is 10.3 Å². The minimum atomic E-state index is -0.0344. The Morgan fingerprint density at radius 2 is 2.08 bits per heavy atom. The number of fused-ring (bicyclic) bond motifs is 1. The molecule has 1 heterocycles. The molecule has 0 bridgehead atoms. The number of hydrogen-bond acceptors (Lipinski definition) is 6. The van der Waals surface area contributed by atoms with Gasteiger partial charge >= 0.3 is 0 Å². The average molecular weight is 328 g/mol. The van der Waals surface area contributed by atoms with E-state index in [1.54, 1.807) is 12.1 Å². The third-order valence-electron chi connectivity index (χ3n) is 3.86. The van der Waals surface area contributed by atoms with E-state index in [4.69, 9.17) is 9.15 Å². The van der Waals surface area contributed by atoms with E-state index >= 15 is 0 Å². The lowest BCUT2D eigenvalue weighted by Crippen LogP contribution is -2.20. The van der Waals surface area contributed by atoms with Crippen LogP contribution < -0.4 is 10.1 Å². The number of nitrogens with one attached hydrogen (secondary N) is 1. The number of anilines is 1. The molecule has 0 saturated heterocycles. The Balaban J connectivity index is 1.63. The van der Waals surface area contributed by atoms with Gasteiger partial charge in [0.1, 0.15) is 5.52 Å². The van der Waals surface area contributed by atoms with Gasteiger partial charge in [-0.2, -0.15) is 4.98 Å². The van der Waals surface area contributed by atoms with Crippen molar-refractivity contribution in [1.29, 1.82) is 0 Å². The Kier molecular flexibility index (Phi) is 4.86. The monoisotopic (exact) mass is 328 g/mol. The Hall–Kier alpha value is -2.73. The molecule has 2 aromatic carbocycles. The summed E-state index contributed by atoms with van der Waals surface area (Å²) in [4.78, 5) is 4.35. The van der Waals surface area contributed by atoms with Crippen LogP contribution in [0.4, 0.5) is 6.01 Å². The average Bonchev–Trinajstić information content (AvgIpc) is 3.01. The van der Waals surface area contributed by atoms with Crippen LogP contribution in [-0.2, 0) is 6.42 Å². The van der Waals surface area contributed by atoms with Crippen molar-refractivity contribution in [3.8, 4) is 11.5 Å². The quantitative estimate of drug-likeness (QED) is 0.618. The molecule has 1 aromatic heterocycles. The SMILES string of the molecule is COc1ccc(C[C@@H](CO)CNc2nc3ccccc3o2)cc1O. The molecule has 0 spiro atoms. The lowest BCUT2D eigenvalue weighted by atomic mass is 9.99. The molecule has 0 aliphatic heterocycles. The van der Waals surface area contributed by atoms with Crippen LogP contribution in [0, 0.1) is 5.92 Å². The third kappa shape index (κ3) is 3.60. The van der Waals surface area contributed by atoms with E-state index in [1.165, 1.54) is 7.11 Å². The van der Waals surface area contributed by atoms with Crippen LogP contribution >= 0.6 is 0 Å². The van der Waals surface area contributed by atoms with Gasteiger partial charge in [-0.05, 0) is 36.2 Å². The van der Waals surface area contributed by atoms with Crippen LogP contribution in [-0.4, -0.2) is 35.5 Å². The van der Waals surface area contributed by atoms with Gasteiger partial charge in [-0.3, -0.25) is 0 Å². The summed E-state index contributed by atoms with van der Waals surface area (Å²) in [6.45, 7) is 0.524. The number of hydrogen-bond donors (Lipinski definition) is 3. The van der Waals surface area contributed by atoms with Crippen molar-refractivity contribution in [2.75, 3.05) is 25.6 Å². The summed E-state index contributed by atoms with van der Waals surface area (Å²) in [6.07, 6.45) is 0.612. The number of methoxy groups -OCH3 is 1. The number of oxazole rings is 1. The number of aliphatic hydroxyl groups is 1. The normalized spacial score (nSPS) is 12.2. The van der Waals surface area contributed by atoms with Crippen LogP contribution in [0.3, 0.4) is 0 Å². The van der Waals surface area contributed by atoms with E-state index in [0.29, 0.717) is 24.7 Å². The lowest BCUT2D eigenvalue weighted by Gasteiger charge is -2.15. The van der Waals surface area contributed by atoms with E-state index in [9.17, 15) is 10.2 Å². The summed E-state index contributed by atoms with van der Waals surface area (Å²) in [5.74, 6) is 0.496. The number of para-hydroxylation sites is 2. The molecular formula is C18H20N2O4. The fourth-order valence-electron chi connectivity index (χ4n) is 2.58. The molecule has 0 fully saturated rings. The van der Waals surface area contributed by atoms with Crippen LogP contribution in [0.15, 0.2) is 46.9 Å². The minimum absolute atomic E-state index is 0.0139. The lowest BCUT2D eigenvalue weighted by molar-refractivity contribution is 0.232. The summed E-state index contributed by atoms with van der Waals surface area (Å²) < 4.78 is 10.6. The maximum atomic E-state index is 9.84. The first-order valence-electron chi connectivity index (χ1n) is 7.75. The van der Waals surface area contributed by atoms with E-state index in [1.807, 2.05) is 30.3 Å². The minimum Gasteiger partial charge on any atom is -0.504 e. The molecule has 126 valence electrons. The molecule has 0 aliphatic carbocycles. The molecule has 1 atom stereocenters. The fourth-order valence-corrected chi connectivity index (χ4v) is 2.58. The van der Waals surface area contributed by atoms with Crippen LogP contribution in [0.5, 0.6) is 11.5 Å². The molecule has 0 saturated carbocycles. The summed E-state index contributed by atoms with van der Waals surface area (Å²) in [5.41, 5.74) is 2.44. The number of aromatic hydroxyl groups is 1. The fraction of sp³-hybridized carbons (Fsp3) is 0.278. The van der Waals surface area contributed by atoms with Crippen molar-refractivity contribution < 1.29 is 19.4 Å². The third-order valence-corrected chi connectivity index (χ3v) is 3.86. The highest BCUT2D eigenvalue weighted by atomic mass is 16.5. The van der Waals surface area contributed by atoms with Crippen molar-refractivity contribution in [2.24, 2.45) is 5.92 Å². The van der Waals surface area contributed by atoms with Crippen LogP contribution in [0.1, 0.15) is 5.56 Å². The number of phenolic OH excluding ortho intramolecular Hbond substituents is 1. The first-order valence-corrected chi connectivity index (χ1v) is 7.75. The highest BCUT2D eigenvalue weighted by Gasteiger charge is 2.12. The van der Waals surface area contributed by atoms with Crippen LogP contribution in [0.2, 0.25) is 0 Å². The predicted octanol–water partition coefficient (Wildman–Crippen LogP) is 2.81. The first-order chi connectivity index (χ1) is 11.7. The number of ether oxygens (including phenoxy) is 1. The van der Waals surface area contributed by atoms with Gasteiger partial charge in [0.25, 0.3) is 6.01 Å². The highest BCUT2D eigenvalue weighted by Crippen LogP contribution is 2.27. The molecule has 3 N–H and O–H groups in total. The van der Waals surface area contributed by atoms with Crippen molar-refractivity contribution in [3.63, 3.8) is 0 Å². The smallest absolute Gasteiger partial charge is 0.295 e. The molecule has 3 aromatic rings. The number of phenols is 1. The van der Waals surface area contributed by atoms with Gasteiger partial charge in [-0.15, -0.1) is 0 Å². The summed E-state index contributed by atoms with van der Waals surface area (Å²) in [5, 5.41) is 22.6. The van der Waals surface area contributed by atoms with Crippen molar-refractivity contribution >= 4 is 17.1 Å². The zero-order valence-electron chi connectivity index (χ0n) is 13.4. The highest BCUT2D eigenvalue weighted by molar-refractivity contribution is 5.74. The molecule has 0 unspecified atom stereocenters. The second kappa shape index (κ2) is 7.23. The Labute approximate surface area is 139 Å². The topological polar surface area (TPSA) is 87.8 Å². The molecule has 3 rings (SSSR count). The first kappa shape index (κ1) is 16.1. The van der Waals surface area contributed by atoms with Gasteiger partial charge in [0, 0.05) is 19.1 Å². The van der Waals surface area contributed by atoms with Gasteiger partial charge in [0.15, 0.2) is 17.1 Å². The zero-order chi connectivity index (χ0) is 16.9.